The van der Waals surface area contributed by atoms with E-state index in [9.17, 15) is 8.78 Å². The van der Waals surface area contributed by atoms with Crippen molar-refractivity contribution in [2.24, 2.45) is 0 Å². The fourth-order valence-corrected chi connectivity index (χ4v) is 1.73. The summed E-state index contributed by atoms with van der Waals surface area (Å²) in [4.78, 5) is 2.16. The van der Waals surface area contributed by atoms with E-state index in [0.717, 1.165) is 26.2 Å². The monoisotopic (exact) mass is 236 g/mol. The van der Waals surface area contributed by atoms with Gasteiger partial charge in [-0.25, -0.2) is 8.78 Å². The largest absolute Gasteiger partial charge is 0.314 e. The summed E-state index contributed by atoms with van der Waals surface area (Å²) in [6.45, 7) is 4.28. The molecule has 0 bridgehead atoms. The summed E-state index contributed by atoms with van der Waals surface area (Å²) >= 11 is 0. The normalized spacial score (nSPS) is 16.4. The summed E-state index contributed by atoms with van der Waals surface area (Å²) in [5.74, 6) is 4.19. The summed E-state index contributed by atoms with van der Waals surface area (Å²) < 4.78 is 26.5. The minimum Gasteiger partial charge on any atom is -0.314 e. The first-order valence-corrected chi connectivity index (χ1v) is 5.63. The lowest BCUT2D eigenvalue weighted by Crippen LogP contribution is -2.43. The SMILES string of the molecule is Fc1cccc(F)c1C#CCN1CCNCC1. The molecule has 0 aromatic heterocycles. The Bertz CT molecular complexity index is 422. The maximum absolute atomic E-state index is 13.2. The Labute approximate surface area is 99.6 Å². The van der Waals surface area contributed by atoms with Crippen LogP contribution in [0.1, 0.15) is 5.56 Å². The van der Waals surface area contributed by atoms with Crippen LogP contribution in [0.3, 0.4) is 0 Å². The Balaban J connectivity index is 2.00. The lowest BCUT2D eigenvalue weighted by atomic mass is 10.2. The molecule has 0 amide bonds. The van der Waals surface area contributed by atoms with E-state index in [1.54, 1.807) is 0 Å². The van der Waals surface area contributed by atoms with Crippen LogP contribution in [0.25, 0.3) is 0 Å². The van der Waals surface area contributed by atoms with Gasteiger partial charge in [0.25, 0.3) is 0 Å². The third kappa shape index (κ3) is 3.26. The van der Waals surface area contributed by atoms with E-state index in [0.29, 0.717) is 6.54 Å². The van der Waals surface area contributed by atoms with Crippen LogP contribution >= 0.6 is 0 Å². The van der Waals surface area contributed by atoms with Crippen molar-refractivity contribution in [2.75, 3.05) is 32.7 Å². The van der Waals surface area contributed by atoms with Gasteiger partial charge in [0, 0.05) is 26.2 Å². The van der Waals surface area contributed by atoms with E-state index >= 15 is 0 Å². The maximum atomic E-state index is 13.2. The van der Waals surface area contributed by atoms with Crippen LogP contribution in [0.5, 0.6) is 0 Å². The Morgan fingerprint density at radius 3 is 2.47 bits per heavy atom. The van der Waals surface area contributed by atoms with Gasteiger partial charge in [-0.3, -0.25) is 4.90 Å². The minimum absolute atomic E-state index is 0.136. The molecular formula is C13H14F2N2. The summed E-state index contributed by atoms with van der Waals surface area (Å²) in [6, 6.07) is 3.78. The first-order valence-electron chi connectivity index (χ1n) is 5.63. The Morgan fingerprint density at radius 1 is 1.18 bits per heavy atom. The van der Waals surface area contributed by atoms with Crippen molar-refractivity contribution in [3.05, 3.63) is 35.4 Å². The molecule has 1 N–H and O–H groups in total. The van der Waals surface area contributed by atoms with E-state index in [4.69, 9.17) is 0 Å². The van der Waals surface area contributed by atoms with Gasteiger partial charge in [-0.1, -0.05) is 17.9 Å². The van der Waals surface area contributed by atoms with Crippen molar-refractivity contribution >= 4 is 0 Å². The maximum Gasteiger partial charge on any atom is 0.141 e. The van der Waals surface area contributed by atoms with E-state index in [1.165, 1.54) is 18.2 Å². The van der Waals surface area contributed by atoms with Gasteiger partial charge in [0.15, 0.2) is 0 Å². The second kappa shape index (κ2) is 5.76. The number of hydrogen-bond donors (Lipinski definition) is 1. The molecule has 1 aromatic rings. The van der Waals surface area contributed by atoms with Crippen LogP contribution in [-0.2, 0) is 0 Å². The summed E-state index contributed by atoms with van der Waals surface area (Å²) in [5, 5.41) is 3.23. The Kier molecular flexibility index (Phi) is 4.08. The lowest BCUT2D eigenvalue weighted by Gasteiger charge is -2.24. The highest BCUT2D eigenvalue weighted by atomic mass is 19.1. The van der Waals surface area contributed by atoms with E-state index in [1.807, 2.05) is 0 Å². The van der Waals surface area contributed by atoms with Crippen LogP contribution in [0.2, 0.25) is 0 Å². The molecule has 1 fully saturated rings. The molecule has 4 heteroatoms. The summed E-state index contributed by atoms with van der Waals surface area (Å²) in [7, 11) is 0. The highest BCUT2D eigenvalue weighted by molar-refractivity contribution is 5.36. The predicted molar refractivity (Wildman–Crippen MR) is 62.5 cm³/mol. The fourth-order valence-electron chi connectivity index (χ4n) is 1.73. The molecule has 0 spiro atoms. The zero-order valence-electron chi connectivity index (χ0n) is 9.47. The minimum atomic E-state index is -0.599. The number of piperazine rings is 1. The standard InChI is InChI=1S/C13H14F2N2/c14-12-4-1-5-13(15)11(12)3-2-8-17-9-6-16-7-10-17/h1,4-5,16H,6-10H2. The quantitative estimate of drug-likeness (QED) is 0.738. The number of nitrogens with one attached hydrogen (secondary N) is 1. The molecule has 0 atom stereocenters. The van der Waals surface area contributed by atoms with Crippen molar-refractivity contribution in [1.82, 2.24) is 10.2 Å². The van der Waals surface area contributed by atoms with Crippen molar-refractivity contribution in [3.63, 3.8) is 0 Å². The van der Waals surface area contributed by atoms with Crippen molar-refractivity contribution < 1.29 is 8.78 Å². The number of hydrogen-bond acceptors (Lipinski definition) is 2. The number of benzene rings is 1. The van der Waals surface area contributed by atoms with Gasteiger partial charge in [-0.05, 0) is 12.1 Å². The van der Waals surface area contributed by atoms with Gasteiger partial charge in [0.05, 0.1) is 12.1 Å². The van der Waals surface area contributed by atoms with Gasteiger partial charge < -0.3 is 5.32 Å². The molecule has 1 aliphatic heterocycles. The highest BCUT2D eigenvalue weighted by Crippen LogP contribution is 2.09. The van der Waals surface area contributed by atoms with Crippen molar-refractivity contribution in [3.8, 4) is 11.8 Å². The second-order valence-corrected chi connectivity index (χ2v) is 3.92. The molecule has 1 aromatic carbocycles. The van der Waals surface area contributed by atoms with Crippen molar-refractivity contribution in [2.45, 2.75) is 0 Å². The molecule has 1 saturated heterocycles. The number of nitrogens with zero attached hydrogens (tertiary/aromatic N) is 1. The van der Waals surface area contributed by atoms with Gasteiger partial charge in [-0.2, -0.15) is 0 Å². The molecule has 0 radical (unpaired) electrons. The average molecular weight is 236 g/mol. The molecule has 2 rings (SSSR count). The molecular weight excluding hydrogens is 222 g/mol. The average Bonchev–Trinajstić information content (AvgIpc) is 2.34. The molecule has 17 heavy (non-hydrogen) atoms. The molecule has 1 heterocycles. The van der Waals surface area contributed by atoms with Crippen LogP contribution in [0, 0.1) is 23.5 Å². The van der Waals surface area contributed by atoms with Crippen LogP contribution in [0.15, 0.2) is 18.2 Å². The molecule has 0 unspecified atom stereocenters. The second-order valence-electron chi connectivity index (χ2n) is 3.92. The highest BCUT2D eigenvalue weighted by Gasteiger charge is 2.07. The zero-order chi connectivity index (χ0) is 12.1. The van der Waals surface area contributed by atoms with Crippen LogP contribution in [-0.4, -0.2) is 37.6 Å². The van der Waals surface area contributed by atoms with E-state index in [-0.39, 0.29) is 5.56 Å². The van der Waals surface area contributed by atoms with Crippen molar-refractivity contribution in [1.29, 1.82) is 0 Å². The smallest absolute Gasteiger partial charge is 0.141 e. The molecule has 0 saturated carbocycles. The predicted octanol–water partition coefficient (Wildman–Crippen LogP) is 1.22. The molecule has 2 nitrogen and oxygen atoms in total. The van der Waals surface area contributed by atoms with E-state index in [2.05, 4.69) is 22.1 Å². The third-order valence-corrected chi connectivity index (χ3v) is 2.69. The first kappa shape index (κ1) is 12.0. The summed E-state index contributed by atoms with van der Waals surface area (Å²) in [6.07, 6.45) is 0. The number of rotatable bonds is 1. The Hall–Kier alpha value is -1.44. The van der Waals surface area contributed by atoms with Gasteiger partial charge in [0.2, 0.25) is 0 Å². The van der Waals surface area contributed by atoms with E-state index < -0.39 is 11.6 Å². The third-order valence-electron chi connectivity index (χ3n) is 2.69. The fraction of sp³-hybridized carbons (Fsp3) is 0.385. The van der Waals surface area contributed by atoms with Gasteiger partial charge in [-0.15, -0.1) is 0 Å². The first-order chi connectivity index (χ1) is 8.27. The molecule has 90 valence electrons. The van der Waals surface area contributed by atoms with Crippen LogP contribution in [0.4, 0.5) is 8.78 Å². The molecule has 0 aliphatic carbocycles. The lowest BCUT2D eigenvalue weighted by molar-refractivity contribution is 0.268. The summed E-state index contributed by atoms with van der Waals surface area (Å²) in [5.41, 5.74) is -0.136. The van der Waals surface area contributed by atoms with Gasteiger partial charge >= 0.3 is 0 Å². The molecule has 1 aliphatic rings. The Morgan fingerprint density at radius 2 is 1.82 bits per heavy atom. The van der Waals surface area contributed by atoms with Crippen LogP contribution < -0.4 is 5.32 Å². The van der Waals surface area contributed by atoms with Gasteiger partial charge in [0.1, 0.15) is 11.6 Å². The topological polar surface area (TPSA) is 15.3 Å². The zero-order valence-corrected chi connectivity index (χ0v) is 9.47. The number of halogens is 2.